The van der Waals surface area contributed by atoms with Crippen molar-refractivity contribution in [1.29, 1.82) is 0 Å². The summed E-state index contributed by atoms with van der Waals surface area (Å²) in [5.41, 5.74) is 0. The summed E-state index contributed by atoms with van der Waals surface area (Å²) in [4.78, 5) is 23.9. The van der Waals surface area contributed by atoms with Crippen LogP contribution in [-0.2, 0) is 4.79 Å². The predicted octanol–water partition coefficient (Wildman–Crippen LogP) is 1.07. The van der Waals surface area contributed by atoms with Crippen LogP contribution in [0.25, 0.3) is 0 Å². The van der Waals surface area contributed by atoms with Crippen LogP contribution in [0, 0.1) is 0 Å². The van der Waals surface area contributed by atoms with Crippen molar-refractivity contribution >= 4 is 35.5 Å². The van der Waals surface area contributed by atoms with Crippen molar-refractivity contribution in [2.45, 2.75) is 6.04 Å². The summed E-state index contributed by atoms with van der Waals surface area (Å²) >= 11 is 3.13. The van der Waals surface area contributed by atoms with Gasteiger partial charge >= 0.3 is 12.0 Å². The number of carboxylic acids is 1. The lowest BCUT2D eigenvalue weighted by Crippen LogP contribution is -2.47. The summed E-state index contributed by atoms with van der Waals surface area (Å²) in [5, 5.41) is 11.6. The highest BCUT2D eigenvalue weighted by Gasteiger charge is 2.34. The molecular formula is C10H16N2O3S2. The first-order valence-electron chi connectivity index (χ1n) is 5.20. The monoisotopic (exact) mass is 276 g/mol. The zero-order valence-electron chi connectivity index (χ0n) is 9.42. The first-order chi connectivity index (χ1) is 8.16. The van der Waals surface area contributed by atoms with Crippen LogP contribution in [0.4, 0.5) is 4.79 Å². The molecule has 7 heteroatoms. The van der Waals surface area contributed by atoms with Crippen molar-refractivity contribution in [3.63, 3.8) is 0 Å². The largest absolute Gasteiger partial charge is 0.480 e. The Morgan fingerprint density at radius 1 is 1.65 bits per heavy atom. The molecular weight excluding hydrogens is 260 g/mol. The topological polar surface area (TPSA) is 69.6 Å². The second-order valence-corrected chi connectivity index (χ2v) is 5.57. The number of urea groups is 1. The van der Waals surface area contributed by atoms with Crippen molar-refractivity contribution in [3.8, 4) is 0 Å². The molecule has 2 amide bonds. The number of nitrogens with one attached hydrogen (secondary N) is 1. The van der Waals surface area contributed by atoms with Gasteiger partial charge in [0.25, 0.3) is 0 Å². The van der Waals surface area contributed by atoms with E-state index in [1.165, 1.54) is 16.7 Å². The minimum atomic E-state index is -0.939. The van der Waals surface area contributed by atoms with Gasteiger partial charge in [0.1, 0.15) is 6.04 Å². The summed E-state index contributed by atoms with van der Waals surface area (Å²) in [5.74, 6) is 1.63. The van der Waals surface area contributed by atoms with Gasteiger partial charge in [0, 0.05) is 23.8 Å². The second-order valence-electron chi connectivity index (χ2n) is 3.42. The maximum absolute atomic E-state index is 11.7. The first kappa shape index (κ1) is 14.2. The molecule has 96 valence electrons. The molecule has 0 radical (unpaired) electrons. The van der Waals surface area contributed by atoms with E-state index in [-0.39, 0.29) is 6.03 Å². The molecule has 0 aliphatic carbocycles. The summed E-state index contributed by atoms with van der Waals surface area (Å²) in [6.45, 7) is 4.15. The average molecular weight is 276 g/mol. The highest BCUT2D eigenvalue weighted by atomic mass is 32.2. The highest BCUT2D eigenvalue weighted by Crippen LogP contribution is 2.20. The van der Waals surface area contributed by atoms with E-state index in [2.05, 4.69) is 11.9 Å². The normalized spacial score (nSPS) is 19.1. The van der Waals surface area contributed by atoms with Gasteiger partial charge in [0.15, 0.2) is 0 Å². The van der Waals surface area contributed by atoms with E-state index in [1.807, 2.05) is 6.08 Å². The van der Waals surface area contributed by atoms with E-state index in [0.29, 0.717) is 18.2 Å². The van der Waals surface area contributed by atoms with Crippen LogP contribution < -0.4 is 5.32 Å². The number of rotatable bonds is 6. The van der Waals surface area contributed by atoms with Gasteiger partial charge in [-0.1, -0.05) is 6.08 Å². The van der Waals surface area contributed by atoms with Gasteiger partial charge in [-0.3, -0.25) is 0 Å². The van der Waals surface area contributed by atoms with Gasteiger partial charge in [-0.25, -0.2) is 9.59 Å². The van der Waals surface area contributed by atoms with E-state index in [9.17, 15) is 9.59 Å². The standard InChI is InChI=1S/C10H16N2O3S2/c1-2-4-16-5-3-11-10(15)12-7-17-6-8(12)9(13)14/h2,8H,1,3-7H2,(H,11,15)(H,13,14). The second kappa shape index (κ2) is 7.50. The molecule has 0 aromatic carbocycles. The van der Waals surface area contributed by atoms with E-state index in [0.717, 1.165) is 11.5 Å². The van der Waals surface area contributed by atoms with Crippen LogP contribution in [0.2, 0.25) is 0 Å². The van der Waals surface area contributed by atoms with E-state index in [1.54, 1.807) is 11.8 Å². The molecule has 0 aromatic rings. The molecule has 0 aromatic heterocycles. The Labute approximate surface area is 109 Å². The number of nitrogens with zero attached hydrogens (tertiary/aromatic N) is 1. The summed E-state index contributed by atoms with van der Waals surface area (Å²) < 4.78 is 0. The fourth-order valence-electron chi connectivity index (χ4n) is 1.35. The lowest BCUT2D eigenvalue weighted by atomic mass is 10.3. The average Bonchev–Trinajstić information content (AvgIpc) is 2.77. The number of aliphatic carboxylic acids is 1. The van der Waals surface area contributed by atoms with Crippen molar-refractivity contribution in [2.75, 3.05) is 29.7 Å². The molecule has 1 rings (SSSR count). The fourth-order valence-corrected chi connectivity index (χ4v) is 3.07. The number of hydrogen-bond acceptors (Lipinski definition) is 4. The Hall–Kier alpha value is -0.820. The third kappa shape index (κ3) is 4.51. The van der Waals surface area contributed by atoms with Crippen LogP contribution in [0.3, 0.4) is 0 Å². The highest BCUT2D eigenvalue weighted by molar-refractivity contribution is 7.99. The van der Waals surface area contributed by atoms with Gasteiger partial charge in [-0.2, -0.15) is 11.8 Å². The summed E-state index contributed by atoms with van der Waals surface area (Å²) in [6, 6.07) is -0.984. The first-order valence-corrected chi connectivity index (χ1v) is 7.51. The number of carbonyl (C=O) groups excluding carboxylic acids is 1. The molecule has 0 saturated carbocycles. The molecule has 1 atom stereocenters. The fraction of sp³-hybridized carbons (Fsp3) is 0.600. The lowest BCUT2D eigenvalue weighted by molar-refractivity contribution is -0.140. The summed E-state index contributed by atoms with van der Waals surface area (Å²) in [7, 11) is 0. The number of carboxylic acid groups (broad SMARTS) is 1. The Morgan fingerprint density at radius 3 is 3.06 bits per heavy atom. The molecule has 1 fully saturated rings. The Kier molecular flexibility index (Phi) is 6.28. The molecule has 1 aliphatic heterocycles. The number of hydrogen-bond donors (Lipinski definition) is 2. The lowest BCUT2D eigenvalue weighted by Gasteiger charge is -2.20. The van der Waals surface area contributed by atoms with Crippen LogP contribution in [0.15, 0.2) is 12.7 Å². The number of carbonyl (C=O) groups is 2. The van der Waals surface area contributed by atoms with Gasteiger partial charge in [-0.05, 0) is 0 Å². The Bertz CT molecular complexity index is 299. The van der Waals surface area contributed by atoms with Crippen molar-refractivity contribution in [3.05, 3.63) is 12.7 Å². The third-order valence-electron chi connectivity index (χ3n) is 2.19. The van der Waals surface area contributed by atoms with Gasteiger partial charge in [-0.15, -0.1) is 18.3 Å². The van der Waals surface area contributed by atoms with E-state index >= 15 is 0 Å². The zero-order chi connectivity index (χ0) is 12.7. The predicted molar refractivity (Wildman–Crippen MR) is 71.5 cm³/mol. The third-order valence-corrected chi connectivity index (χ3v) is 4.16. The molecule has 0 bridgehead atoms. The SMILES string of the molecule is C=CCSCCNC(=O)N1CSCC1C(=O)O. The van der Waals surface area contributed by atoms with Crippen LogP contribution in [-0.4, -0.2) is 57.7 Å². The van der Waals surface area contributed by atoms with Crippen LogP contribution in [0.1, 0.15) is 0 Å². The molecule has 1 aliphatic rings. The molecule has 17 heavy (non-hydrogen) atoms. The number of thioether (sulfide) groups is 2. The van der Waals surface area contributed by atoms with Crippen molar-refractivity contribution < 1.29 is 14.7 Å². The van der Waals surface area contributed by atoms with Gasteiger partial charge < -0.3 is 15.3 Å². The van der Waals surface area contributed by atoms with Crippen LogP contribution in [0.5, 0.6) is 0 Å². The molecule has 2 N–H and O–H groups in total. The molecule has 1 unspecified atom stereocenters. The Morgan fingerprint density at radius 2 is 2.41 bits per heavy atom. The molecule has 1 saturated heterocycles. The van der Waals surface area contributed by atoms with Crippen LogP contribution >= 0.6 is 23.5 Å². The zero-order valence-corrected chi connectivity index (χ0v) is 11.1. The maximum atomic E-state index is 11.7. The smallest absolute Gasteiger partial charge is 0.327 e. The van der Waals surface area contributed by atoms with Gasteiger partial charge in [0.05, 0.1) is 5.88 Å². The maximum Gasteiger partial charge on any atom is 0.327 e. The number of amides is 2. The molecule has 0 spiro atoms. The quantitative estimate of drug-likeness (QED) is 0.561. The van der Waals surface area contributed by atoms with E-state index in [4.69, 9.17) is 5.11 Å². The van der Waals surface area contributed by atoms with Gasteiger partial charge in [0.2, 0.25) is 0 Å². The minimum Gasteiger partial charge on any atom is -0.480 e. The molecule has 5 nitrogen and oxygen atoms in total. The summed E-state index contributed by atoms with van der Waals surface area (Å²) in [6.07, 6.45) is 1.81. The van der Waals surface area contributed by atoms with Crippen molar-refractivity contribution in [2.24, 2.45) is 0 Å². The molecule has 1 heterocycles. The minimum absolute atomic E-state index is 0.290. The van der Waals surface area contributed by atoms with E-state index < -0.39 is 12.0 Å². The Balaban J connectivity index is 2.27. The van der Waals surface area contributed by atoms with Crippen molar-refractivity contribution in [1.82, 2.24) is 10.2 Å².